The Morgan fingerprint density at radius 2 is 1.91 bits per heavy atom. The van der Waals surface area contributed by atoms with Crippen LogP contribution in [-0.4, -0.2) is 5.91 Å². The van der Waals surface area contributed by atoms with Crippen LogP contribution in [0.2, 0.25) is 0 Å². The van der Waals surface area contributed by atoms with Gasteiger partial charge in [-0.3, -0.25) is 10.2 Å². The zero-order chi connectivity index (χ0) is 8.10. The molecule has 0 bridgehead atoms. The molecule has 1 aromatic carbocycles. The second kappa shape index (κ2) is 4.10. The van der Waals surface area contributed by atoms with Crippen molar-refractivity contribution in [2.24, 2.45) is 0 Å². The van der Waals surface area contributed by atoms with E-state index in [9.17, 15) is 4.79 Å². The summed E-state index contributed by atoms with van der Waals surface area (Å²) in [6, 6.07) is 8.95. The molecular formula is C7H7BrN2O. The molecule has 11 heavy (non-hydrogen) atoms. The molecule has 4 heteroatoms. The van der Waals surface area contributed by atoms with Crippen LogP contribution in [0.3, 0.4) is 0 Å². The fourth-order valence-corrected chi connectivity index (χ4v) is 0.885. The lowest BCUT2D eigenvalue weighted by Crippen LogP contribution is -2.29. The molecule has 1 rings (SSSR count). The standard InChI is InChI=1S/C7H7BrN2O/c8-10-9-7(11)6-4-2-1-3-5-6/h1-5,10H,(H,9,11). The largest absolute Gasteiger partial charge is 0.277 e. The van der Waals surface area contributed by atoms with Crippen molar-refractivity contribution in [1.82, 2.24) is 9.88 Å². The van der Waals surface area contributed by atoms with Crippen LogP contribution < -0.4 is 9.88 Å². The maximum Gasteiger partial charge on any atom is 0.266 e. The molecule has 3 nitrogen and oxygen atoms in total. The van der Waals surface area contributed by atoms with E-state index in [0.29, 0.717) is 5.56 Å². The van der Waals surface area contributed by atoms with Crippen molar-refractivity contribution in [3.8, 4) is 0 Å². The highest BCUT2D eigenvalue weighted by atomic mass is 79.9. The van der Waals surface area contributed by atoms with E-state index in [2.05, 4.69) is 26.0 Å². The fraction of sp³-hybridized carbons (Fsp3) is 0. The third-order valence-electron chi connectivity index (χ3n) is 1.20. The Kier molecular flexibility index (Phi) is 3.07. The van der Waals surface area contributed by atoms with Gasteiger partial charge in [-0.25, -0.2) is 0 Å². The van der Waals surface area contributed by atoms with Gasteiger partial charge in [-0.2, -0.15) is 4.45 Å². The molecule has 0 aromatic heterocycles. The van der Waals surface area contributed by atoms with Gasteiger partial charge >= 0.3 is 0 Å². The molecule has 0 spiro atoms. The SMILES string of the molecule is O=C(NNBr)c1ccccc1. The Labute approximate surface area is 73.1 Å². The molecule has 0 fully saturated rings. The van der Waals surface area contributed by atoms with Crippen LogP contribution in [-0.2, 0) is 0 Å². The van der Waals surface area contributed by atoms with Gasteiger partial charge in [0.2, 0.25) is 0 Å². The van der Waals surface area contributed by atoms with Gasteiger partial charge in [-0.05, 0) is 12.1 Å². The summed E-state index contributed by atoms with van der Waals surface area (Å²) in [6.07, 6.45) is 0. The van der Waals surface area contributed by atoms with Gasteiger partial charge in [0, 0.05) is 21.7 Å². The second-order valence-corrected chi connectivity index (χ2v) is 2.31. The average molecular weight is 215 g/mol. The molecular weight excluding hydrogens is 208 g/mol. The van der Waals surface area contributed by atoms with Crippen LogP contribution >= 0.6 is 16.1 Å². The van der Waals surface area contributed by atoms with Gasteiger partial charge in [0.1, 0.15) is 0 Å². The summed E-state index contributed by atoms with van der Waals surface area (Å²) in [4.78, 5) is 11.0. The van der Waals surface area contributed by atoms with Gasteiger partial charge in [0.25, 0.3) is 5.91 Å². The number of hydrogen-bond donors (Lipinski definition) is 2. The Morgan fingerprint density at radius 3 is 2.45 bits per heavy atom. The highest BCUT2D eigenvalue weighted by Gasteiger charge is 2.00. The zero-order valence-electron chi connectivity index (χ0n) is 5.67. The Morgan fingerprint density at radius 1 is 1.27 bits per heavy atom. The predicted octanol–water partition coefficient (Wildman–Crippen LogP) is 1.23. The first-order valence-corrected chi connectivity index (χ1v) is 3.85. The number of amides is 1. The predicted molar refractivity (Wildman–Crippen MR) is 46.0 cm³/mol. The van der Waals surface area contributed by atoms with E-state index in [1.54, 1.807) is 12.1 Å². The fourth-order valence-electron chi connectivity index (χ4n) is 0.705. The minimum atomic E-state index is -0.164. The number of hydrazine groups is 1. The van der Waals surface area contributed by atoms with Crippen molar-refractivity contribution >= 4 is 22.1 Å². The van der Waals surface area contributed by atoms with Crippen molar-refractivity contribution in [3.63, 3.8) is 0 Å². The molecule has 0 atom stereocenters. The Balaban J connectivity index is 2.69. The summed E-state index contributed by atoms with van der Waals surface area (Å²) >= 11 is 2.87. The van der Waals surface area contributed by atoms with Crippen molar-refractivity contribution < 1.29 is 4.79 Å². The molecule has 0 heterocycles. The summed E-state index contributed by atoms with van der Waals surface area (Å²) in [5.74, 6) is -0.164. The summed E-state index contributed by atoms with van der Waals surface area (Å²) in [5, 5.41) is 0. The lowest BCUT2D eigenvalue weighted by molar-refractivity contribution is 0.0948. The normalized spacial score (nSPS) is 9.18. The summed E-state index contributed by atoms with van der Waals surface area (Å²) in [6.45, 7) is 0. The number of halogens is 1. The van der Waals surface area contributed by atoms with Crippen LogP contribution in [0.5, 0.6) is 0 Å². The zero-order valence-corrected chi connectivity index (χ0v) is 7.26. The summed E-state index contributed by atoms with van der Waals surface area (Å²) in [7, 11) is 0. The molecule has 1 aromatic rings. The van der Waals surface area contributed by atoms with Crippen LogP contribution in [0.25, 0.3) is 0 Å². The number of hydrogen-bond acceptors (Lipinski definition) is 2. The molecule has 2 N–H and O–H groups in total. The average Bonchev–Trinajstić information content (AvgIpc) is 2.07. The van der Waals surface area contributed by atoms with E-state index in [4.69, 9.17) is 0 Å². The first-order valence-electron chi connectivity index (χ1n) is 3.05. The van der Waals surface area contributed by atoms with E-state index in [1.165, 1.54) is 0 Å². The van der Waals surface area contributed by atoms with Crippen LogP contribution in [0.1, 0.15) is 10.4 Å². The molecule has 0 saturated carbocycles. The van der Waals surface area contributed by atoms with E-state index in [1.807, 2.05) is 18.2 Å². The smallest absolute Gasteiger partial charge is 0.266 e. The molecule has 0 aliphatic carbocycles. The number of carbonyl (C=O) groups is 1. The number of carbonyl (C=O) groups excluding carboxylic acids is 1. The lowest BCUT2D eigenvalue weighted by atomic mass is 10.2. The van der Waals surface area contributed by atoms with Crippen LogP contribution in [0.4, 0.5) is 0 Å². The molecule has 0 radical (unpaired) electrons. The maximum absolute atomic E-state index is 11.0. The highest BCUT2D eigenvalue weighted by molar-refractivity contribution is 9.08. The number of rotatable bonds is 2. The van der Waals surface area contributed by atoms with E-state index in [0.717, 1.165) is 0 Å². The van der Waals surface area contributed by atoms with Gasteiger partial charge in [-0.1, -0.05) is 18.2 Å². The quantitative estimate of drug-likeness (QED) is 0.575. The summed E-state index contributed by atoms with van der Waals surface area (Å²) < 4.78 is 2.38. The van der Waals surface area contributed by atoms with E-state index < -0.39 is 0 Å². The molecule has 58 valence electrons. The molecule has 0 unspecified atom stereocenters. The molecule has 0 aliphatic heterocycles. The number of nitrogens with one attached hydrogen (secondary N) is 2. The first kappa shape index (κ1) is 8.23. The van der Waals surface area contributed by atoms with Gasteiger partial charge in [-0.15, -0.1) is 0 Å². The van der Waals surface area contributed by atoms with Crippen molar-refractivity contribution in [2.75, 3.05) is 0 Å². The second-order valence-electron chi connectivity index (χ2n) is 1.91. The van der Waals surface area contributed by atoms with Crippen LogP contribution in [0, 0.1) is 0 Å². The van der Waals surface area contributed by atoms with Crippen LogP contribution in [0.15, 0.2) is 30.3 Å². The topological polar surface area (TPSA) is 41.1 Å². The van der Waals surface area contributed by atoms with Gasteiger partial charge in [0.05, 0.1) is 0 Å². The monoisotopic (exact) mass is 214 g/mol. The Bertz CT molecular complexity index is 237. The van der Waals surface area contributed by atoms with Crippen molar-refractivity contribution in [1.29, 1.82) is 0 Å². The molecule has 0 aliphatic rings. The lowest BCUT2D eigenvalue weighted by Gasteiger charge is -1.99. The third kappa shape index (κ3) is 2.32. The number of benzene rings is 1. The minimum absolute atomic E-state index is 0.164. The van der Waals surface area contributed by atoms with E-state index >= 15 is 0 Å². The van der Waals surface area contributed by atoms with Crippen molar-refractivity contribution in [3.05, 3.63) is 35.9 Å². The maximum atomic E-state index is 11.0. The molecule has 1 amide bonds. The summed E-state index contributed by atoms with van der Waals surface area (Å²) in [5.41, 5.74) is 3.01. The van der Waals surface area contributed by atoms with Gasteiger partial charge in [0.15, 0.2) is 0 Å². The highest BCUT2D eigenvalue weighted by Crippen LogP contribution is 1.96. The minimum Gasteiger partial charge on any atom is -0.277 e. The van der Waals surface area contributed by atoms with Gasteiger partial charge < -0.3 is 0 Å². The van der Waals surface area contributed by atoms with Crippen molar-refractivity contribution in [2.45, 2.75) is 0 Å². The molecule has 0 saturated heterocycles. The Hall–Kier alpha value is -0.870. The first-order chi connectivity index (χ1) is 5.34. The third-order valence-corrected chi connectivity index (χ3v) is 1.40. The van der Waals surface area contributed by atoms with E-state index in [-0.39, 0.29) is 5.91 Å².